The van der Waals surface area contributed by atoms with Gasteiger partial charge in [0.1, 0.15) is 5.69 Å². The molecule has 1 fully saturated rings. The van der Waals surface area contributed by atoms with Crippen molar-refractivity contribution in [3.05, 3.63) is 30.5 Å². The SMILES string of the molecule is CCn1c(-c2cn(CC3CCCO3)nn2)nc2ccccc21. The van der Waals surface area contributed by atoms with Gasteiger partial charge in [-0.15, -0.1) is 5.10 Å². The van der Waals surface area contributed by atoms with Crippen molar-refractivity contribution in [2.45, 2.75) is 39.0 Å². The Morgan fingerprint density at radius 2 is 2.23 bits per heavy atom. The molecule has 114 valence electrons. The lowest BCUT2D eigenvalue weighted by molar-refractivity contribution is 0.0935. The maximum atomic E-state index is 5.66. The first-order valence-corrected chi connectivity index (χ1v) is 7.82. The zero-order valence-electron chi connectivity index (χ0n) is 12.6. The number of aryl methyl sites for hydroxylation is 1. The Labute approximate surface area is 128 Å². The molecule has 1 unspecified atom stereocenters. The normalized spacial score (nSPS) is 18.3. The largest absolute Gasteiger partial charge is 0.376 e. The topological polar surface area (TPSA) is 57.8 Å². The molecule has 0 amide bonds. The van der Waals surface area contributed by atoms with Crippen LogP contribution in [0.1, 0.15) is 19.8 Å². The predicted molar refractivity (Wildman–Crippen MR) is 83.4 cm³/mol. The maximum absolute atomic E-state index is 5.66. The van der Waals surface area contributed by atoms with Crippen LogP contribution in [0, 0.1) is 0 Å². The van der Waals surface area contributed by atoms with Gasteiger partial charge in [0, 0.05) is 13.2 Å². The quantitative estimate of drug-likeness (QED) is 0.742. The Hall–Kier alpha value is -2.21. The molecular weight excluding hydrogens is 278 g/mol. The second kappa shape index (κ2) is 5.53. The van der Waals surface area contributed by atoms with E-state index in [1.165, 1.54) is 0 Å². The number of ether oxygens (including phenoxy) is 1. The van der Waals surface area contributed by atoms with Crippen LogP contribution in [0.2, 0.25) is 0 Å². The van der Waals surface area contributed by atoms with Crippen molar-refractivity contribution in [2.75, 3.05) is 6.61 Å². The van der Waals surface area contributed by atoms with Crippen LogP contribution >= 0.6 is 0 Å². The van der Waals surface area contributed by atoms with E-state index in [1.54, 1.807) is 0 Å². The standard InChI is InChI=1S/C16H19N5O/c1-2-21-15-8-4-3-7-13(15)17-16(21)14-11-20(19-18-14)10-12-6-5-9-22-12/h3-4,7-8,11-12H,2,5-6,9-10H2,1H3. The highest BCUT2D eigenvalue weighted by Crippen LogP contribution is 2.23. The molecule has 3 aromatic rings. The fourth-order valence-electron chi connectivity index (χ4n) is 3.08. The molecule has 2 aromatic heterocycles. The summed E-state index contributed by atoms with van der Waals surface area (Å²) >= 11 is 0. The lowest BCUT2D eigenvalue weighted by atomic mass is 10.2. The third-order valence-corrected chi connectivity index (χ3v) is 4.15. The third kappa shape index (κ3) is 2.29. The highest BCUT2D eigenvalue weighted by Gasteiger charge is 2.18. The molecule has 1 saturated heterocycles. The number of fused-ring (bicyclic) bond motifs is 1. The maximum Gasteiger partial charge on any atom is 0.163 e. The Bertz CT molecular complexity index is 785. The number of para-hydroxylation sites is 2. The summed E-state index contributed by atoms with van der Waals surface area (Å²) in [5, 5.41) is 8.54. The number of nitrogens with zero attached hydrogens (tertiary/aromatic N) is 5. The fraction of sp³-hybridized carbons (Fsp3) is 0.438. The van der Waals surface area contributed by atoms with E-state index >= 15 is 0 Å². The average molecular weight is 297 g/mol. The van der Waals surface area contributed by atoms with Gasteiger partial charge in [0.05, 0.1) is 29.9 Å². The predicted octanol–water partition coefficient (Wildman–Crippen LogP) is 2.49. The summed E-state index contributed by atoms with van der Waals surface area (Å²) in [6.07, 6.45) is 4.47. The van der Waals surface area contributed by atoms with Crippen LogP contribution in [0.25, 0.3) is 22.6 Å². The van der Waals surface area contributed by atoms with E-state index in [-0.39, 0.29) is 6.10 Å². The first kappa shape index (κ1) is 13.5. The molecule has 4 rings (SSSR count). The van der Waals surface area contributed by atoms with E-state index in [0.29, 0.717) is 0 Å². The van der Waals surface area contributed by atoms with Gasteiger partial charge in [0.15, 0.2) is 5.82 Å². The van der Waals surface area contributed by atoms with Gasteiger partial charge >= 0.3 is 0 Å². The molecule has 22 heavy (non-hydrogen) atoms. The smallest absolute Gasteiger partial charge is 0.163 e. The van der Waals surface area contributed by atoms with Gasteiger partial charge in [-0.2, -0.15) is 0 Å². The second-order valence-corrected chi connectivity index (χ2v) is 5.63. The van der Waals surface area contributed by atoms with Crippen LogP contribution in [0.5, 0.6) is 0 Å². The van der Waals surface area contributed by atoms with Crippen molar-refractivity contribution in [3.63, 3.8) is 0 Å². The van der Waals surface area contributed by atoms with Crippen LogP contribution in [0.15, 0.2) is 30.5 Å². The third-order valence-electron chi connectivity index (χ3n) is 4.15. The summed E-state index contributed by atoms with van der Waals surface area (Å²) in [4.78, 5) is 4.71. The van der Waals surface area contributed by atoms with Crippen LogP contribution in [-0.4, -0.2) is 37.3 Å². The van der Waals surface area contributed by atoms with Crippen molar-refractivity contribution >= 4 is 11.0 Å². The number of rotatable bonds is 4. The highest BCUT2D eigenvalue weighted by atomic mass is 16.5. The van der Waals surface area contributed by atoms with Gasteiger partial charge in [-0.05, 0) is 31.9 Å². The summed E-state index contributed by atoms with van der Waals surface area (Å²) in [5.74, 6) is 0.877. The summed E-state index contributed by atoms with van der Waals surface area (Å²) < 4.78 is 9.70. The first-order valence-electron chi connectivity index (χ1n) is 7.82. The van der Waals surface area contributed by atoms with E-state index in [2.05, 4.69) is 27.9 Å². The van der Waals surface area contributed by atoms with Gasteiger partial charge in [0.2, 0.25) is 0 Å². The average Bonchev–Trinajstić information content (AvgIpc) is 3.26. The van der Waals surface area contributed by atoms with Crippen LogP contribution in [0.3, 0.4) is 0 Å². The molecule has 0 N–H and O–H groups in total. The summed E-state index contributed by atoms with van der Waals surface area (Å²) in [7, 11) is 0. The summed E-state index contributed by atoms with van der Waals surface area (Å²) in [6.45, 7) is 4.60. The molecule has 0 spiro atoms. The summed E-state index contributed by atoms with van der Waals surface area (Å²) in [6, 6.07) is 8.16. The van der Waals surface area contributed by atoms with Crippen molar-refractivity contribution in [2.24, 2.45) is 0 Å². The van der Waals surface area contributed by atoms with Gasteiger partial charge in [-0.25, -0.2) is 9.67 Å². The van der Waals surface area contributed by atoms with Crippen LogP contribution < -0.4 is 0 Å². The number of benzene rings is 1. The summed E-state index contributed by atoms with van der Waals surface area (Å²) in [5.41, 5.74) is 2.94. The van der Waals surface area contributed by atoms with Gasteiger partial charge in [-0.3, -0.25) is 0 Å². The Kier molecular flexibility index (Phi) is 3.38. The molecule has 0 saturated carbocycles. The van der Waals surface area contributed by atoms with E-state index in [4.69, 9.17) is 9.72 Å². The molecular formula is C16H19N5O. The van der Waals surface area contributed by atoms with Crippen molar-refractivity contribution < 1.29 is 4.74 Å². The Morgan fingerprint density at radius 1 is 1.32 bits per heavy atom. The molecule has 3 heterocycles. The molecule has 0 bridgehead atoms. The van der Waals surface area contributed by atoms with E-state index in [1.807, 2.05) is 29.1 Å². The van der Waals surface area contributed by atoms with Crippen LogP contribution in [-0.2, 0) is 17.8 Å². The van der Waals surface area contributed by atoms with Gasteiger partial charge in [0.25, 0.3) is 0 Å². The Balaban J connectivity index is 1.68. The lowest BCUT2D eigenvalue weighted by Crippen LogP contribution is -2.15. The molecule has 1 aliphatic rings. The lowest BCUT2D eigenvalue weighted by Gasteiger charge is -2.07. The molecule has 6 heteroatoms. The minimum absolute atomic E-state index is 0.263. The molecule has 1 atom stereocenters. The zero-order chi connectivity index (χ0) is 14.9. The monoisotopic (exact) mass is 297 g/mol. The number of aromatic nitrogens is 5. The van der Waals surface area contributed by atoms with Crippen molar-refractivity contribution in [3.8, 4) is 11.5 Å². The van der Waals surface area contributed by atoms with Crippen LogP contribution in [0.4, 0.5) is 0 Å². The number of imidazole rings is 1. The minimum Gasteiger partial charge on any atom is -0.376 e. The molecule has 6 nitrogen and oxygen atoms in total. The molecule has 0 aliphatic carbocycles. The van der Waals surface area contributed by atoms with E-state index in [9.17, 15) is 0 Å². The van der Waals surface area contributed by atoms with Gasteiger partial charge in [-0.1, -0.05) is 17.3 Å². The number of hydrogen-bond donors (Lipinski definition) is 0. The van der Waals surface area contributed by atoms with Gasteiger partial charge < -0.3 is 9.30 Å². The fourth-order valence-corrected chi connectivity index (χ4v) is 3.08. The first-order chi connectivity index (χ1) is 10.8. The van der Waals surface area contributed by atoms with E-state index in [0.717, 1.165) is 55.1 Å². The Morgan fingerprint density at radius 3 is 3.05 bits per heavy atom. The molecule has 1 aromatic carbocycles. The highest BCUT2D eigenvalue weighted by molar-refractivity contribution is 5.79. The van der Waals surface area contributed by atoms with E-state index < -0.39 is 0 Å². The molecule has 1 aliphatic heterocycles. The minimum atomic E-state index is 0.263. The van der Waals surface area contributed by atoms with Crippen molar-refractivity contribution in [1.82, 2.24) is 24.5 Å². The molecule has 0 radical (unpaired) electrons. The zero-order valence-corrected chi connectivity index (χ0v) is 12.6. The number of hydrogen-bond acceptors (Lipinski definition) is 4. The van der Waals surface area contributed by atoms with Crippen molar-refractivity contribution in [1.29, 1.82) is 0 Å². The second-order valence-electron chi connectivity index (χ2n) is 5.63.